The van der Waals surface area contributed by atoms with Gasteiger partial charge in [-0.05, 0) is 46.6 Å². The van der Waals surface area contributed by atoms with Crippen LogP contribution < -0.4 is 10.5 Å². The lowest BCUT2D eigenvalue weighted by Crippen LogP contribution is -2.51. The van der Waals surface area contributed by atoms with Crippen molar-refractivity contribution in [2.24, 2.45) is 10.7 Å². The van der Waals surface area contributed by atoms with E-state index in [1.165, 1.54) is 17.0 Å². The number of fused-ring (bicyclic) bond motifs is 2. The monoisotopic (exact) mass is 432 g/mol. The van der Waals surface area contributed by atoms with Crippen molar-refractivity contribution in [3.05, 3.63) is 58.1 Å². The van der Waals surface area contributed by atoms with Gasteiger partial charge in [-0.1, -0.05) is 12.1 Å². The lowest BCUT2D eigenvalue weighted by Gasteiger charge is -2.43. The number of hydrogen-bond acceptors (Lipinski definition) is 5. The van der Waals surface area contributed by atoms with Crippen LogP contribution in [0.4, 0.5) is 4.39 Å². The van der Waals surface area contributed by atoms with E-state index >= 15 is 0 Å². The number of halogens is 2. The van der Waals surface area contributed by atoms with Gasteiger partial charge in [0.2, 0.25) is 0 Å². The summed E-state index contributed by atoms with van der Waals surface area (Å²) in [5.41, 5.74) is 5.61. The zero-order valence-corrected chi connectivity index (χ0v) is 16.5. The van der Waals surface area contributed by atoms with Gasteiger partial charge in [0.15, 0.2) is 11.5 Å². The molecule has 1 spiro atoms. The molecule has 0 bridgehead atoms. The van der Waals surface area contributed by atoms with E-state index in [4.69, 9.17) is 10.5 Å². The van der Waals surface area contributed by atoms with Gasteiger partial charge in [-0.2, -0.15) is 0 Å². The summed E-state index contributed by atoms with van der Waals surface area (Å²) in [6, 6.07) is 8.00. The minimum absolute atomic E-state index is 0.171. The minimum atomic E-state index is -1.16. The number of aromatic nitrogens is 1. The van der Waals surface area contributed by atoms with E-state index in [9.17, 15) is 9.18 Å². The summed E-state index contributed by atoms with van der Waals surface area (Å²) in [6.45, 7) is 1.92. The molecule has 27 heavy (non-hydrogen) atoms. The standard InChI is InChI=1S/C19H18BrFN4O2/c1-18(8-11-3-5-12(21)6-4-11)10-19(16(26)25(2)17(22)24-19)13-7-15(20)23-9-14(13)27-18/h3-7,9H,8,10H2,1-2H3,(H2,22,24). The van der Waals surface area contributed by atoms with Crippen molar-refractivity contribution >= 4 is 27.8 Å². The number of ether oxygens (including phenoxy) is 1. The molecule has 4 rings (SSSR count). The molecule has 0 fully saturated rings. The molecule has 2 atom stereocenters. The third kappa shape index (κ3) is 2.88. The molecule has 2 aliphatic heterocycles. The van der Waals surface area contributed by atoms with Crippen molar-refractivity contribution in [3.8, 4) is 5.75 Å². The van der Waals surface area contributed by atoms with Gasteiger partial charge in [0, 0.05) is 25.5 Å². The highest BCUT2D eigenvalue weighted by atomic mass is 79.9. The third-order valence-electron chi connectivity index (χ3n) is 5.06. The molecular weight excluding hydrogens is 415 g/mol. The molecule has 0 saturated carbocycles. The molecule has 2 unspecified atom stereocenters. The maximum absolute atomic E-state index is 13.2. The second-order valence-electron chi connectivity index (χ2n) is 7.23. The Morgan fingerprint density at radius 3 is 2.70 bits per heavy atom. The van der Waals surface area contributed by atoms with Crippen molar-refractivity contribution < 1.29 is 13.9 Å². The highest BCUT2D eigenvalue weighted by Crippen LogP contribution is 2.50. The first-order valence-corrected chi connectivity index (χ1v) is 9.25. The average molecular weight is 433 g/mol. The normalized spacial score (nSPS) is 26.7. The SMILES string of the molecule is CN1C(=O)C2(CC(C)(Cc3ccc(F)cc3)Oc3cnc(Br)cc32)N=C1N. The van der Waals surface area contributed by atoms with Crippen molar-refractivity contribution in [2.45, 2.75) is 30.9 Å². The maximum Gasteiger partial charge on any atom is 0.261 e. The number of aliphatic imine (C=N–C) groups is 1. The summed E-state index contributed by atoms with van der Waals surface area (Å²) < 4.78 is 20.1. The molecule has 3 heterocycles. The minimum Gasteiger partial charge on any atom is -0.485 e. The fourth-order valence-electron chi connectivity index (χ4n) is 3.88. The molecule has 0 saturated heterocycles. The first-order chi connectivity index (χ1) is 12.7. The smallest absolute Gasteiger partial charge is 0.261 e. The molecule has 1 aromatic heterocycles. The largest absolute Gasteiger partial charge is 0.485 e. The molecule has 2 aliphatic rings. The van der Waals surface area contributed by atoms with Crippen LogP contribution in [-0.4, -0.2) is 34.4 Å². The molecule has 8 heteroatoms. The Morgan fingerprint density at radius 2 is 2.07 bits per heavy atom. The van der Waals surface area contributed by atoms with Gasteiger partial charge in [0.1, 0.15) is 21.8 Å². The topological polar surface area (TPSA) is 80.8 Å². The summed E-state index contributed by atoms with van der Waals surface area (Å²) in [7, 11) is 1.61. The quantitative estimate of drug-likeness (QED) is 0.739. The first-order valence-electron chi connectivity index (χ1n) is 8.45. The predicted molar refractivity (Wildman–Crippen MR) is 102 cm³/mol. The van der Waals surface area contributed by atoms with Crippen LogP contribution in [0.25, 0.3) is 0 Å². The van der Waals surface area contributed by atoms with Gasteiger partial charge < -0.3 is 10.5 Å². The molecule has 1 aromatic carbocycles. The van der Waals surface area contributed by atoms with Gasteiger partial charge in [-0.15, -0.1) is 0 Å². The van der Waals surface area contributed by atoms with Crippen LogP contribution in [0.1, 0.15) is 24.5 Å². The summed E-state index contributed by atoms with van der Waals surface area (Å²) in [6.07, 6.45) is 2.38. The van der Waals surface area contributed by atoms with Gasteiger partial charge >= 0.3 is 0 Å². The van der Waals surface area contributed by atoms with Crippen LogP contribution in [0.15, 0.2) is 46.1 Å². The molecule has 1 amide bonds. The predicted octanol–water partition coefficient (Wildman–Crippen LogP) is 2.75. The van der Waals surface area contributed by atoms with Crippen molar-refractivity contribution in [1.29, 1.82) is 0 Å². The second-order valence-corrected chi connectivity index (χ2v) is 8.04. The molecule has 0 aliphatic carbocycles. The van der Waals surface area contributed by atoms with Crippen LogP contribution >= 0.6 is 15.9 Å². The van der Waals surface area contributed by atoms with E-state index in [1.807, 2.05) is 6.92 Å². The highest BCUT2D eigenvalue weighted by molar-refractivity contribution is 9.10. The molecular formula is C19H18BrFN4O2. The van der Waals surface area contributed by atoms with E-state index in [0.717, 1.165) is 5.56 Å². The fraction of sp³-hybridized carbons (Fsp3) is 0.316. The lowest BCUT2D eigenvalue weighted by molar-refractivity contribution is -0.133. The first kappa shape index (κ1) is 17.9. The molecule has 0 radical (unpaired) electrons. The Labute approximate surface area is 164 Å². The summed E-state index contributed by atoms with van der Waals surface area (Å²) in [5, 5.41) is 0. The number of guanidine groups is 1. The zero-order valence-electron chi connectivity index (χ0n) is 14.9. The number of hydrogen-bond donors (Lipinski definition) is 1. The number of amides is 1. The number of rotatable bonds is 2. The van der Waals surface area contributed by atoms with E-state index in [1.54, 1.807) is 31.4 Å². The Bertz CT molecular complexity index is 965. The van der Waals surface area contributed by atoms with Crippen molar-refractivity contribution in [3.63, 3.8) is 0 Å². The van der Waals surface area contributed by atoms with E-state index in [0.29, 0.717) is 28.8 Å². The molecule has 2 aromatic rings. The zero-order chi connectivity index (χ0) is 19.4. The number of nitrogens with two attached hydrogens (primary N) is 1. The molecule has 6 nitrogen and oxygen atoms in total. The van der Waals surface area contributed by atoms with Crippen LogP contribution in [0.3, 0.4) is 0 Å². The van der Waals surface area contributed by atoms with Crippen LogP contribution in [0.5, 0.6) is 5.75 Å². The fourth-order valence-corrected chi connectivity index (χ4v) is 4.21. The van der Waals surface area contributed by atoms with Gasteiger partial charge in [-0.25, -0.2) is 14.4 Å². The van der Waals surface area contributed by atoms with Crippen molar-refractivity contribution in [1.82, 2.24) is 9.88 Å². The van der Waals surface area contributed by atoms with Crippen LogP contribution in [0, 0.1) is 5.82 Å². The maximum atomic E-state index is 13.2. The van der Waals surface area contributed by atoms with Gasteiger partial charge in [-0.3, -0.25) is 9.69 Å². The summed E-state index contributed by atoms with van der Waals surface area (Å²) >= 11 is 3.35. The highest BCUT2D eigenvalue weighted by Gasteiger charge is 2.56. The third-order valence-corrected chi connectivity index (χ3v) is 5.50. The lowest BCUT2D eigenvalue weighted by atomic mass is 9.75. The van der Waals surface area contributed by atoms with E-state index < -0.39 is 11.1 Å². The van der Waals surface area contributed by atoms with Gasteiger partial charge in [0.25, 0.3) is 5.91 Å². The average Bonchev–Trinajstić information content (AvgIpc) is 2.82. The summed E-state index contributed by atoms with van der Waals surface area (Å²) in [5.74, 6) is 0.168. The Hall–Kier alpha value is -2.48. The Kier molecular flexibility index (Phi) is 3.99. The number of benzene rings is 1. The number of pyridine rings is 1. The Balaban J connectivity index is 1.81. The molecule has 2 N–H and O–H groups in total. The number of carbonyl (C=O) groups is 1. The number of carbonyl (C=O) groups excluding carboxylic acids is 1. The second kappa shape index (κ2) is 6.02. The van der Waals surface area contributed by atoms with Crippen LogP contribution in [0.2, 0.25) is 0 Å². The van der Waals surface area contributed by atoms with E-state index in [-0.39, 0.29) is 17.7 Å². The molecule has 140 valence electrons. The van der Waals surface area contributed by atoms with E-state index in [2.05, 4.69) is 25.9 Å². The number of likely N-dealkylation sites (N-methyl/N-ethyl adjacent to an activating group) is 1. The van der Waals surface area contributed by atoms with Crippen molar-refractivity contribution in [2.75, 3.05) is 7.05 Å². The van der Waals surface area contributed by atoms with Crippen LogP contribution in [-0.2, 0) is 16.8 Å². The van der Waals surface area contributed by atoms with Gasteiger partial charge in [0.05, 0.1) is 6.20 Å². The Morgan fingerprint density at radius 1 is 1.37 bits per heavy atom. The number of nitrogens with zero attached hydrogens (tertiary/aromatic N) is 3. The summed E-state index contributed by atoms with van der Waals surface area (Å²) in [4.78, 5) is 23.3.